The van der Waals surface area contributed by atoms with Gasteiger partial charge in [-0.15, -0.1) is 0 Å². The monoisotopic (exact) mass is 463 g/mol. The zero-order valence-electron chi connectivity index (χ0n) is 18.4. The number of aromatic nitrogens is 2. The van der Waals surface area contributed by atoms with Gasteiger partial charge in [0, 0.05) is 11.1 Å². The lowest BCUT2D eigenvalue weighted by Crippen LogP contribution is -2.32. The van der Waals surface area contributed by atoms with Crippen LogP contribution in [0, 0.1) is 0 Å². The number of rotatable bonds is 6. The van der Waals surface area contributed by atoms with E-state index in [2.05, 4.69) is 31.7 Å². The molecular weight excluding hydrogens is 442 g/mol. The number of hydrazine groups is 2. The molecule has 0 saturated heterocycles. The van der Waals surface area contributed by atoms with Crippen LogP contribution in [0.4, 0.5) is 17.3 Å². The van der Waals surface area contributed by atoms with E-state index in [-0.39, 0.29) is 29.1 Å². The molecule has 0 fully saturated rings. The van der Waals surface area contributed by atoms with Crippen molar-refractivity contribution in [3.8, 4) is 0 Å². The maximum Gasteiger partial charge on any atom is 0.270 e. The van der Waals surface area contributed by atoms with Crippen LogP contribution in [0.2, 0.25) is 0 Å². The summed E-state index contributed by atoms with van der Waals surface area (Å²) in [5.74, 6) is -0.344. The molecule has 9 heteroatoms. The van der Waals surface area contributed by atoms with Crippen molar-refractivity contribution in [2.75, 3.05) is 16.6 Å². The summed E-state index contributed by atoms with van der Waals surface area (Å²) < 4.78 is 0. The number of nitrogens with one attached hydrogen (secondary N) is 4. The second kappa shape index (κ2) is 9.36. The number of nitrogens with two attached hydrogens (primary N) is 1. The minimum atomic E-state index is -0.349. The molecular formula is C26H21N7O2. The molecule has 4 aromatic carbocycles. The predicted molar refractivity (Wildman–Crippen MR) is 137 cm³/mol. The molecule has 35 heavy (non-hydrogen) atoms. The van der Waals surface area contributed by atoms with Crippen molar-refractivity contribution in [3.05, 3.63) is 102 Å². The topological polar surface area (TPSA) is 134 Å². The maximum atomic E-state index is 12.8. The van der Waals surface area contributed by atoms with Gasteiger partial charge in [-0.05, 0) is 33.7 Å². The Bertz CT molecular complexity index is 1440. The summed E-state index contributed by atoms with van der Waals surface area (Å²) in [6, 6.07) is 26.2. The maximum absolute atomic E-state index is 12.8. The van der Waals surface area contributed by atoms with Crippen molar-refractivity contribution in [3.63, 3.8) is 0 Å². The Kier molecular flexibility index (Phi) is 5.79. The Hall–Kier alpha value is -5.18. The normalized spacial score (nSPS) is 10.6. The highest BCUT2D eigenvalue weighted by Crippen LogP contribution is 2.23. The lowest BCUT2D eigenvalue weighted by Gasteiger charge is -2.14. The standard InChI is InChI=1S/C26H21N7O2/c27-22-23(30-32-25(34)20-13-5-9-16-7-1-3-11-18(16)20)28-15-29-24(22)31-33-26(35)21-14-6-10-17-8-2-4-12-19(17)21/h1-15H,27H2,(H,32,34)(H,33,35)(H2,28,29,30,31). The van der Waals surface area contributed by atoms with Crippen LogP contribution in [0.5, 0.6) is 0 Å². The van der Waals surface area contributed by atoms with E-state index in [9.17, 15) is 9.59 Å². The average molecular weight is 464 g/mol. The summed E-state index contributed by atoms with van der Waals surface area (Å²) in [5, 5.41) is 3.55. The van der Waals surface area contributed by atoms with E-state index in [0.29, 0.717) is 11.1 Å². The molecule has 2 amide bonds. The van der Waals surface area contributed by atoms with Crippen LogP contribution in [0.15, 0.2) is 91.3 Å². The molecule has 6 N–H and O–H groups in total. The molecule has 0 atom stereocenters. The third-order valence-electron chi connectivity index (χ3n) is 5.54. The minimum absolute atomic E-state index is 0.115. The molecule has 1 heterocycles. The lowest BCUT2D eigenvalue weighted by atomic mass is 10.0. The Morgan fingerprint density at radius 1 is 0.600 bits per heavy atom. The van der Waals surface area contributed by atoms with E-state index in [4.69, 9.17) is 5.73 Å². The van der Waals surface area contributed by atoms with Gasteiger partial charge in [-0.2, -0.15) is 0 Å². The van der Waals surface area contributed by atoms with Crippen LogP contribution in [-0.4, -0.2) is 21.8 Å². The quantitative estimate of drug-likeness (QED) is 0.241. The molecule has 0 saturated carbocycles. The number of amides is 2. The molecule has 0 aliphatic heterocycles. The van der Waals surface area contributed by atoms with Crippen LogP contribution in [0.3, 0.4) is 0 Å². The number of benzene rings is 4. The summed E-state index contributed by atoms with van der Waals surface area (Å²) in [6.45, 7) is 0. The van der Waals surface area contributed by atoms with E-state index in [1.165, 1.54) is 6.33 Å². The molecule has 0 bridgehead atoms. The van der Waals surface area contributed by atoms with Crippen LogP contribution >= 0.6 is 0 Å². The summed E-state index contributed by atoms with van der Waals surface area (Å²) in [5.41, 5.74) is 18.0. The van der Waals surface area contributed by atoms with Gasteiger partial charge in [-0.25, -0.2) is 9.97 Å². The summed E-state index contributed by atoms with van der Waals surface area (Å²) >= 11 is 0. The fraction of sp³-hybridized carbons (Fsp3) is 0. The first-order chi connectivity index (χ1) is 17.1. The molecule has 0 spiro atoms. The highest BCUT2D eigenvalue weighted by molar-refractivity contribution is 6.08. The van der Waals surface area contributed by atoms with Gasteiger partial charge >= 0.3 is 0 Å². The highest BCUT2D eigenvalue weighted by Gasteiger charge is 2.14. The van der Waals surface area contributed by atoms with Crippen LogP contribution in [-0.2, 0) is 0 Å². The first-order valence-electron chi connectivity index (χ1n) is 10.8. The summed E-state index contributed by atoms with van der Waals surface area (Å²) in [4.78, 5) is 33.7. The molecule has 0 aliphatic carbocycles. The number of nitrogens with zero attached hydrogens (tertiary/aromatic N) is 2. The van der Waals surface area contributed by atoms with Crippen LogP contribution in [0.25, 0.3) is 21.5 Å². The van der Waals surface area contributed by atoms with Crippen LogP contribution in [0.1, 0.15) is 20.7 Å². The van der Waals surface area contributed by atoms with Crippen molar-refractivity contribution in [1.82, 2.24) is 20.8 Å². The third kappa shape index (κ3) is 4.38. The van der Waals surface area contributed by atoms with Gasteiger partial charge in [-0.3, -0.25) is 31.3 Å². The largest absolute Gasteiger partial charge is 0.393 e. The molecule has 1 aromatic heterocycles. The fourth-order valence-electron chi connectivity index (χ4n) is 3.81. The van der Waals surface area contributed by atoms with Gasteiger partial charge in [0.2, 0.25) is 0 Å². The molecule has 0 unspecified atom stereocenters. The van der Waals surface area contributed by atoms with Gasteiger partial charge in [0.25, 0.3) is 11.8 Å². The number of anilines is 3. The van der Waals surface area contributed by atoms with E-state index >= 15 is 0 Å². The number of fused-ring (bicyclic) bond motifs is 2. The number of carbonyl (C=O) groups is 2. The number of hydrogen-bond donors (Lipinski definition) is 5. The molecule has 0 aliphatic rings. The highest BCUT2D eigenvalue weighted by atomic mass is 16.2. The van der Waals surface area contributed by atoms with Gasteiger partial charge in [0.1, 0.15) is 12.0 Å². The SMILES string of the molecule is Nc1c(NNC(=O)c2cccc3ccccc23)ncnc1NNC(=O)c1cccc2ccccc12. The first-order valence-corrected chi connectivity index (χ1v) is 10.8. The Morgan fingerprint density at radius 2 is 1.03 bits per heavy atom. The van der Waals surface area contributed by atoms with Gasteiger partial charge in [0.15, 0.2) is 11.6 Å². The Morgan fingerprint density at radius 3 is 1.51 bits per heavy atom. The van der Waals surface area contributed by atoms with E-state index < -0.39 is 0 Å². The van der Waals surface area contributed by atoms with Crippen molar-refractivity contribution in [2.24, 2.45) is 0 Å². The van der Waals surface area contributed by atoms with Crippen LogP contribution < -0.4 is 27.4 Å². The Balaban J connectivity index is 1.28. The van der Waals surface area contributed by atoms with E-state index in [0.717, 1.165) is 21.5 Å². The number of hydrogen-bond acceptors (Lipinski definition) is 7. The van der Waals surface area contributed by atoms with Crippen molar-refractivity contribution in [2.45, 2.75) is 0 Å². The second-order valence-corrected chi connectivity index (χ2v) is 7.70. The van der Waals surface area contributed by atoms with Crippen molar-refractivity contribution < 1.29 is 9.59 Å². The van der Waals surface area contributed by atoms with Crippen molar-refractivity contribution in [1.29, 1.82) is 0 Å². The minimum Gasteiger partial charge on any atom is -0.393 e. The zero-order chi connectivity index (χ0) is 24.2. The fourth-order valence-corrected chi connectivity index (χ4v) is 3.81. The van der Waals surface area contributed by atoms with E-state index in [1.807, 2.05) is 72.8 Å². The van der Waals surface area contributed by atoms with E-state index in [1.54, 1.807) is 12.1 Å². The molecule has 5 rings (SSSR count). The predicted octanol–water partition coefficient (Wildman–Crippen LogP) is 3.88. The molecule has 5 aromatic rings. The second-order valence-electron chi connectivity index (χ2n) is 7.70. The molecule has 172 valence electrons. The molecule has 0 radical (unpaired) electrons. The number of nitrogen functional groups attached to an aromatic ring is 1. The summed E-state index contributed by atoms with van der Waals surface area (Å²) in [7, 11) is 0. The van der Waals surface area contributed by atoms with Gasteiger partial charge < -0.3 is 5.73 Å². The van der Waals surface area contributed by atoms with Crippen molar-refractivity contribution >= 4 is 50.7 Å². The van der Waals surface area contributed by atoms with Gasteiger partial charge in [-0.1, -0.05) is 72.8 Å². The first kappa shape index (κ1) is 21.7. The Labute approximate surface area is 200 Å². The smallest absolute Gasteiger partial charge is 0.270 e. The van der Waals surface area contributed by atoms with Gasteiger partial charge in [0.05, 0.1) is 0 Å². The lowest BCUT2D eigenvalue weighted by molar-refractivity contribution is 0.0956. The zero-order valence-corrected chi connectivity index (χ0v) is 18.4. The average Bonchev–Trinajstić information content (AvgIpc) is 2.90. The third-order valence-corrected chi connectivity index (χ3v) is 5.54. The number of carbonyl (C=O) groups excluding carboxylic acids is 2. The molecule has 9 nitrogen and oxygen atoms in total. The summed E-state index contributed by atoms with van der Waals surface area (Å²) in [6.07, 6.45) is 1.26.